The molecule has 0 fully saturated rings. The number of quaternary nitrogens is 1. The second-order valence-corrected chi connectivity index (χ2v) is 5.73. The van der Waals surface area contributed by atoms with Gasteiger partial charge in [-0.05, 0) is 12.1 Å². The van der Waals surface area contributed by atoms with E-state index < -0.39 is 12.1 Å². The minimum absolute atomic E-state index is 0.00208. The van der Waals surface area contributed by atoms with Gasteiger partial charge in [0.2, 0.25) is 0 Å². The van der Waals surface area contributed by atoms with Crippen molar-refractivity contribution < 1.29 is 20.3 Å². The average Bonchev–Trinajstić information content (AvgIpc) is 2.86. The summed E-state index contributed by atoms with van der Waals surface area (Å²) in [6.07, 6.45) is -0.543. The number of rotatable bonds is 7. The van der Waals surface area contributed by atoms with Crippen LogP contribution in [-0.2, 0) is 11.3 Å². The number of fused-ring (bicyclic) bond motifs is 3. The normalized spacial score (nSPS) is 12.7. The maximum Gasteiger partial charge on any atom is 0.121 e. The van der Waals surface area contributed by atoms with E-state index in [0.29, 0.717) is 19.6 Å². The van der Waals surface area contributed by atoms with Crippen molar-refractivity contribution in [1.82, 2.24) is 4.57 Å². The second-order valence-electron chi connectivity index (χ2n) is 5.73. The number of aliphatic hydroxyl groups excluding tert-OH is 1. The van der Waals surface area contributed by atoms with Crippen molar-refractivity contribution >= 4 is 27.8 Å². The summed E-state index contributed by atoms with van der Waals surface area (Å²) in [6.45, 7) is 1.37. The smallest absolute Gasteiger partial charge is 0.121 e. The third kappa shape index (κ3) is 3.36. The molecule has 1 aromatic heterocycles. The summed E-state index contributed by atoms with van der Waals surface area (Å²) in [5, 5.41) is 24.9. The standard InChI is InChI=1S/C18H20N2O3/c21-13(11-19-10-9-18(22)23)12-20-16-7-3-1-5-14(16)15-6-2-4-8-17(15)20/h1-8,13,19,21H,9-12H2,(H,22,23)/t13-/m1/s1. The summed E-state index contributed by atoms with van der Waals surface area (Å²) in [4.78, 5) is 10.4. The maximum atomic E-state index is 10.4. The van der Waals surface area contributed by atoms with Crippen LogP contribution in [0, 0.1) is 0 Å². The van der Waals surface area contributed by atoms with Crippen LogP contribution in [-0.4, -0.2) is 34.8 Å². The van der Waals surface area contributed by atoms with Crippen LogP contribution >= 0.6 is 0 Å². The third-order valence-electron chi connectivity index (χ3n) is 4.06. The Morgan fingerprint density at radius 3 is 2.22 bits per heavy atom. The molecule has 5 heteroatoms. The molecule has 0 aliphatic rings. The molecule has 120 valence electrons. The summed E-state index contributed by atoms with van der Waals surface area (Å²) in [5.74, 6) is -1.06. The van der Waals surface area contributed by atoms with Crippen molar-refractivity contribution in [3.8, 4) is 0 Å². The lowest BCUT2D eigenvalue weighted by atomic mass is 10.2. The number of carboxylic acids is 1. The zero-order valence-corrected chi connectivity index (χ0v) is 12.8. The molecule has 0 amide bonds. The van der Waals surface area contributed by atoms with Crippen molar-refractivity contribution in [3.05, 3.63) is 48.5 Å². The first-order valence-corrected chi connectivity index (χ1v) is 7.82. The molecule has 0 bridgehead atoms. The van der Waals surface area contributed by atoms with E-state index in [-0.39, 0.29) is 6.42 Å². The number of aromatic nitrogens is 1. The largest absolute Gasteiger partial charge is 0.550 e. The predicted molar refractivity (Wildman–Crippen MR) is 86.7 cm³/mol. The zero-order chi connectivity index (χ0) is 16.2. The lowest BCUT2D eigenvalue weighted by Crippen LogP contribution is -2.87. The highest BCUT2D eigenvalue weighted by molar-refractivity contribution is 6.07. The fourth-order valence-electron chi connectivity index (χ4n) is 3.02. The van der Waals surface area contributed by atoms with Gasteiger partial charge in [-0.1, -0.05) is 36.4 Å². The van der Waals surface area contributed by atoms with Gasteiger partial charge < -0.3 is 24.9 Å². The van der Waals surface area contributed by atoms with Gasteiger partial charge in [0.25, 0.3) is 0 Å². The molecule has 0 spiro atoms. The van der Waals surface area contributed by atoms with Crippen molar-refractivity contribution in [1.29, 1.82) is 0 Å². The van der Waals surface area contributed by atoms with E-state index in [1.54, 1.807) is 0 Å². The van der Waals surface area contributed by atoms with E-state index in [4.69, 9.17) is 0 Å². The number of hydrogen-bond acceptors (Lipinski definition) is 3. The van der Waals surface area contributed by atoms with Gasteiger partial charge >= 0.3 is 0 Å². The molecule has 0 aliphatic heterocycles. The number of benzene rings is 2. The first-order chi connectivity index (χ1) is 11.2. The van der Waals surface area contributed by atoms with Crippen molar-refractivity contribution in [2.24, 2.45) is 0 Å². The van der Waals surface area contributed by atoms with E-state index in [0.717, 1.165) is 11.0 Å². The van der Waals surface area contributed by atoms with Gasteiger partial charge in [-0.3, -0.25) is 0 Å². The molecule has 3 N–H and O–H groups in total. The topological polar surface area (TPSA) is 81.9 Å². The molecule has 0 radical (unpaired) electrons. The molecule has 0 unspecified atom stereocenters. The Hall–Kier alpha value is -2.37. The number of nitrogens with zero attached hydrogens (tertiary/aromatic N) is 1. The lowest BCUT2D eigenvalue weighted by Gasteiger charge is -2.13. The fourth-order valence-corrected chi connectivity index (χ4v) is 3.02. The van der Waals surface area contributed by atoms with Gasteiger partial charge in [0.05, 0.1) is 13.1 Å². The van der Waals surface area contributed by atoms with Crippen molar-refractivity contribution in [2.45, 2.75) is 19.1 Å². The average molecular weight is 312 g/mol. The summed E-state index contributed by atoms with van der Waals surface area (Å²) in [5.41, 5.74) is 2.20. The van der Waals surface area contributed by atoms with E-state index in [2.05, 4.69) is 28.8 Å². The molecular formula is C18H20N2O3. The molecule has 2 aromatic carbocycles. The molecule has 0 aliphatic carbocycles. The molecule has 0 saturated carbocycles. The Kier molecular flexibility index (Phi) is 4.60. The number of aliphatic hydroxyl groups is 1. The van der Waals surface area contributed by atoms with E-state index in [9.17, 15) is 15.0 Å². The predicted octanol–water partition coefficient (Wildman–Crippen LogP) is -0.141. The van der Waals surface area contributed by atoms with Gasteiger partial charge in [-0.15, -0.1) is 0 Å². The number of carboxylic acid groups (broad SMARTS) is 1. The summed E-state index contributed by atoms with van der Waals surface area (Å²) >= 11 is 0. The minimum atomic E-state index is -1.06. The summed E-state index contributed by atoms with van der Waals surface area (Å²) in [7, 11) is 0. The van der Waals surface area contributed by atoms with E-state index >= 15 is 0 Å². The molecular weight excluding hydrogens is 292 g/mol. The number of para-hydroxylation sites is 2. The van der Waals surface area contributed by atoms with Gasteiger partial charge in [0, 0.05) is 34.2 Å². The summed E-state index contributed by atoms with van der Waals surface area (Å²) in [6, 6.07) is 16.3. The SMILES string of the molecule is O=C([O-])CC[NH2+]C[C@@H](O)Cn1c2ccccc2c2ccccc21. The highest BCUT2D eigenvalue weighted by Gasteiger charge is 2.14. The summed E-state index contributed by atoms with van der Waals surface area (Å²) < 4.78 is 2.13. The van der Waals surface area contributed by atoms with Gasteiger partial charge in [-0.25, -0.2) is 0 Å². The Balaban J connectivity index is 1.80. The highest BCUT2D eigenvalue weighted by Crippen LogP contribution is 2.28. The molecule has 23 heavy (non-hydrogen) atoms. The zero-order valence-electron chi connectivity index (χ0n) is 12.8. The monoisotopic (exact) mass is 312 g/mol. The Morgan fingerprint density at radius 2 is 1.65 bits per heavy atom. The van der Waals surface area contributed by atoms with Crippen LogP contribution in [0.1, 0.15) is 6.42 Å². The highest BCUT2D eigenvalue weighted by atomic mass is 16.4. The van der Waals surface area contributed by atoms with Crippen LogP contribution in [0.15, 0.2) is 48.5 Å². The molecule has 5 nitrogen and oxygen atoms in total. The number of hydrogen-bond donors (Lipinski definition) is 2. The van der Waals surface area contributed by atoms with Crippen molar-refractivity contribution in [2.75, 3.05) is 13.1 Å². The molecule has 3 aromatic rings. The van der Waals surface area contributed by atoms with Gasteiger partial charge in [0.15, 0.2) is 0 Å². The van der Waals surface area contributed by atoms with Crippen LogP contribution in [0.25, 0.3) is 21.8 Å². The Labute approximate surface area is 134 Å². The quantitative estimate of drug-likeness (QED) is 0.596. The third-order valence-corrected chi connectivity index (χ3v) is 4.06. The molecule has 1 heterocycles. The number of carbonyl (C=O) groups excluding carboxylic acids is 1. The van der Waals surface area contributed by atoms with Crippen LogP contribution in [0.4, 0.5) is 0 Å². The van der Waals surface area contributed by atoms with Crippen LogP contribution < -0.4 is 10.4 Å². The maximum absolute atomic E-state index is 10.4. The van der Waals surface area contributed by atoms with Crippen LogP contribution in [0.3, 0.4) is 0 Å². The first kappa shape index (κ1) is 15.5. The fraction of sp³-hybridized carbons (Fsp3) is 0.278. The number of carbonyl (C=O) groups is 1. The molecule has 1 atom stereocenters. The molecule has 0 saturated heterocycles. The van der Waals surface area contributed by atoms with Crippen LogP contribution in [0.5, 0.6) is 0 Å². The van der Waals surface area contributed by atoms with Crippen molar-refractivity contribution in [3.63, 3.8) is 0 Å². The minimum Gasteiger partial charge on any atom is -0.550 e. The Morgan fingerprint density at radius 1 is 1.09 bits per heavy atom. The first-order valence-electron chi connectivity index (χ1n) is 7.82. The number of aliphatic carboxylic acids is 1. The Bertz CT molecular complexity index is 772. The van der Waals surface area contributed by atoms with Crippen LogP contribution in [0.2, 0.25) is 0 Å². The lowest BCUT2D eigenvalue weighted by molar-refractivity contribution is -0.660. The van der Waals surface area contributed by atoms with Gasteiger partial charge in [-0.2, -0.15) is 0 Å². The molecule has 3 rings (SSSR count). The van der Waals surface area contributed by atoms with E-state index in [1.165, 1.54) is 10.8 Å². The number of nitrogens with two attached hydrogens (primary N) is 1. The van der Waals surface area contributed by atoms with E-state index in [1.807, 2.05) is 29.6 Å². The van der Waals surface area contributed by atoms with Gasteiger partial charge in [0.1, 0.15) is 12.6 Å². The second kappa shape index (κ2) is 6.81.